The zero-order valence-corrected chi connectivity index (χ0v) is 19.2. The summed E-state index contributed by atoms with van der Waals surface area (Å²) in [6.07, 6.45) is 2.32. The van der Waals surface area contributed by atoms with E-state index in [0.29, 0.717) is 27.1 Å². The van der Waals surface area contributed by atoms with Crippen molar-refractivity contribution in [2.75, 3.05) is 6.26 Å². The number of sulfonamides is 1. The first kappa shape index (κ1) is 22.8. The van der Waals surface area contributed by atoms with Gasteiger partial charge in [0.2, 0.25) is 10.0 Å². The highest BCUT2D eigenvalue weighted by Gasteiger charge is 2.27. The fourth-order valence-electron chi connectivity index (χ4n) is 3.82. The van der Waals surface area contributed by atoms with Crippen molar-refractivity contribution in [3.8, 4) is 11.1 Å². The highest BCUT2D eigenvalue weighted by molar-refractivity contribution is 7.89. The van der Waals surface area contributed by atoms with Crippen molar-refractivity contribution in [2.24, 2.45) is 0 Å². The van der Waals surface area contributed by atoms with Crippen LogP contribution >= 0.6 is 11.6 Å². The first-order valence-electron chi connectivity index (χ1n) is 9.82. The van der Waals surface area contributed by atoms with Gasteiger partial charge in [-0.3, -0.25) is 9.59 Å². The van der Waals surface area contributed by atoms with E-state index in [4.69, 9.17) is 11.6 Å². The number of hydrogen-bond acceptors (Lipinski definition) is 4. The molecule has 0 saturated carbocycles. The van der Waals surface area contributed by atoms with E-state index in [0.717, 1.165) is 6.26 Å². The van der Waals surface area contributed by atoms with Gasteiger partial charge in [-0.15, -0.1) is 0 Å². The lowest BCUT2D eigenvalue weighted by Gasteiger charge is -2.13. The van der Waals surface area contributed by atoms with Crippen LogP contribution in [-0.4, -0.2) is 30.1 Å². The molecule has 2 aromatic carbocycles. The highest BCUT2D eigenvalue weighted by atomic mass is 35.5. The number of carbonyl (C=O) groups excluding carboxylic acids is 1. The lowest BCUT2D eigenvalue weighted by Crippen LogP contribution is -2.31. The zero-order valence-electron chi connectivity index (χ0n) is 17.6. The van der Waals surface area contributed by atoms with Crippen LogP contribution < -0.4 is 10.3 Å². The van der Waals surface area contributed by atoms with Crippen molar-refractivity contribution in [3.63, 3.8) is 0 Å². The first-order valence-corrected chi connectivity index (χ1v) is 12.1. The van der Waals surface area contributed by atoms with Crippen molar-refractivity contribution in [1.82, 2.24) is 14.3 Å². The van der Waals surface area contributed by atoms with Gasteiger partial charge >= 0.3 is 0 Å². The van der Waals surface area contributed by atoms with Crippen molar-refractivity contribution in [2.45, 2.75) is 13.5 Å². The molecule has 7 nitrogen and oxygen atoms in total. The summed E-state index contributed by atoms with van der Waals surface area (Å²) in [5.41, 5.74) is 1.60. The molecule has 0 fully saturated rings. The third kappa shape index (κ3) is 4.55. The molecule has 2 aromatic heterocycles. The third-order valence-electron chi connectivity index (χ3n) is 5.17. The van der Waals surface area contributed by atoms with Crippen LogP contribution in [0.5, 0.6) is 0 Å². The average molecular weight is 488 g/mol. The van der Waals surface area contributed by atoms with Crippen LogP contribution in [0, 0.1) is 12.7 Å². The van der Waals surface area contributed by atoms with E-state index in [1.807, 2.05) is 4.72 Å². The molecule has 2 N–H and O–H groups in total. The van der Waals surface area contributed by atoms with Crippen LogP contribution in [0.25, 0.3) is 22.0 Å². The normalized spacial score (nSPS) is 11.6. The van der Waals surface area contributed by atoms with Crippen LogP contribution in [0.15, 0.2) is 59.5 Å². The van der Waals surface area contributed by atoms with Gasteiger partial charge in [0.25, 0.3) is 11.5 Å². The van der Waals surface area contributed by atoms with E-state index in [1.54, 1.807) is 47.9 Å². The van der Waals surface area contributed by atoms with E-state index >= 15 is 0 Å². The molecular weight excluding hydrogens is 469 g/mol. The summed E-state index contributed by atoms with van der Waals surface area (Å²) in [5, 5.41) is 0.873. The second kappa shape index (κ2) is 8.49. The van der Waals surface area contributed by atoms with Crippen LogP contribution in [0.3, 0.4) is 0 Å². The predicted molar refractivity (Wildman–Crippen MR) is 126 cm³/mol. The molecule has 1 amide bonds. The summed E-state index contributed by atoms with van der Waals surface area (Å²) in [5.74, 6) is -1.27. The Kier molecular flexibility index (Phi) is 5.85. The molecule has 0 radical (unpaired) electrons. The minimum atomic E-state index is -3.90. The number of nitrogens with one attached hydrogen (secondary N) is 2. The monoisotopic (exact) mass is 487 g/mol. The van der Waals surface area contributed by atoms with Gasteiger partial charge in [-0.25, -0.2) is 17.5 Å². The Morgan fingerprint density at radius 2 is 1.94 bits per heavy atom. The molecule has 0 unspecified atom stereocenters. The van der Waals surface area contributed by atoms with Crippen LogP contribution in [0.4, 0.5) is 4.39 Å². The molecule has 0 bridgehead atoms. The summed E-state index contributed by atoms with van der Waals surface area (Å²) in [4.78, 5) is 28.5. The number of fused-ring (bicyclic) bond motifs is 1. The van der Waals surface area contributed by atoms with E-state index < -0.39 is 21.5 Å². The van der Waals surface area contributed by atoms with Crippen LogP contribution in [0.1, 0.15) is 21.6 Å². The Bertz CT molecular complexity index is 1570. The van der Waals surface area contributed by atoms with Crippen molar-refractivity contribution in [1.29, 1.82) is 0 Å². The number of halogens is 2. The highest BCUT2D eigenvalue weighted by Crippen LogP contribution is 2.36. The minimum Gasteiger partial charge on any atom is -0.331 e. The maximum absolute atomic E-state index is 13.8. The largest absolute Gasteiger partial charge is 0.331 e. The van der Waals surface area contributed by atoms with Gasteiger partial charge < -0.3 is 9.55 Å². The quantitative estimate of drug-likeness (QED) is 0.446. The Morgan fingerprint density at radius 1 is 1.18 bits per heavy atom. The summed E-state index contributed by atoms with van der Waals surface area (Å²) in [7, 11) is -3.90. The van der Waals surface area contributed by atoms with Crippen LogP contribution in [0.2, 0.25) is 5.02 Å². The van der Waals surface area contributed by atoms with Gasteiger partial charge in [-0.1, -0.05) is 23.7 Å². The maximum Gasteiger partial charge on any atom is 0.282 e. The Morgan fingerprint density at radius 3 is 2.61 bits per heavy atom. The summed E-state index contributed by atoms with van der Waals surface area (Å²) in [6.45, 7) is 1.75. The summed E-state index contributed by atoms with van der Waals surface area (Å²) >= 11 is 6.23. The number of aromatic nitrogens is 2. The first-order chi connectivity index (χ1) is 15.5. The molecule has 0 saturated heterocycles. The van der Waals surface area contributed by atoms with Gasteiger partial charge in [0.05, 0.1) is 6.26 Å². The predicted octanol–water partition coefficient (Wildman–Crippen LogP) is 3.84. The number of nitrogens with zero attached hydrogens (tertiary/aromatic N) is 1. The second-order valence-corrected chi connectivity index (χ2v) is 9.86. The van der Waals surface area contributed by atoms with Crippen LogP contribution in [-0.2, 0) is 16.6 Å². The summed E-state index contributed by atoms with van der Waals surface area (Å²) < 4.78 is 41.2. The molecule has 33 heavy (non-hydrogen) atoms. The molecule has 2 heterocycles. The molecule has 0 aliphatic heterocycles. The number of hydrogen-bond donors (Lipinski definition) is 2. The molecule has 0 atom stereocenters. The summed E-state index contributed by atoms with van der Waals surface area (Å²) in [6, 6.07) is 12.6. The van der Waals surface area contributed by atoms with Gasteiger partial charge in [0, 0.05) is 39.8 Å². The fourth-order valence-corrected chi connectivity index (χ4v) is 4.43. The second-order valence-electron chi connectivity index (χ2n) is 7.67. The zero-order chi connectivity index (χ0) is 23.9. The lowest BCUT2D eigenvalue weighted by atomic mass is 10.0. The van der Waals surface area contributed by atoms with E-state index in [-0.39, 0.29) is 29.2 Å². The number of aryl methyl sites for hydroxylation is 1. The molecule has 4 aromatic rings. The number of amides is 1. The molecular formula is C23H19ClFN3O4S. The van der Waals surface area contributed by atoms with Gasteiger partial charge in [0.1, 0.15) is 11.5 Å². The van der Waals surface area contributed by atoms with Gasteiger partial charge in [-0.05, 0) is 54.4 Å². The van der Waals surface area contributed by atoms with Gasteiger partial charge in [-0.2, -0.15) is 0 Å². The Labute approximate surface area is 193 Å². The molecule has 4 rings (SSSR count). The molecule has 0 aliphatic rings. The maximum atomic E-state index is 13.8. The minimum absolute atomic E-state index is 0.0311. The third-order valence-corrected chi connectivity index (χ3v) is 5.96. The van der Waals surface area contributed by atoms with E-state index in [1.165, 1.54) is 18.3 Å². The number of rotatable bonds is 5. The molecule has 0 spiro atoms. The standard InChI is InChI=1S/C23H19ClFN3O4S/c1-13-10-14(5-7-18(13)25)12-28-19-8-6-15(24)11-17(19)20(16-4-3-9-26-22(16)29)21(28)23(30)27-33(2,31)32/h3-11H,12H2,1-2H3,(H,26,29)(H,27,30). The smallest absolute Gasteiger partial charge is 0.282 e. The van der Waals surface area contributed by atoms with Crippen molar-refractivity contribution >= 4 is 38.4 Å². The van der Waals surface area contributed by atoms with Gasteiger partial charge in [0.15, 0.2) is 0 Å². The molecule has 0 aliphatic carbocycles. The SMILES string of the molecule is Cc1cc(Cn2c(C(=O)NS(C)(=O)=O)c(-c3ccc[nH]c3=O)c3cc(Cl)ccc32)ccc1F. The molecule has 10 heteroatoms. The Balaban J connectivity index is 2.08. The number of pyridine rings is 1. The molecule has 170 valence electrons. The fraction of sp³-hybridized carbons (Fsp3) is 0.130. The Hall–Kier alpha value is -3.43. The van der Waals surface area contributed by atoms with E-state index in [9.17, 15) is 22.4 Å². The lowest BCUT2D eigenvalue weighted by molar-refractivity contribution is 0.0974. The van der Waals surface area contributed by atoms with Crippen molar-refractivity contribution in [3.05, 3.63) is 92.7 Å². The number of aromatic amines is 1. The number of carbonyl (C=O) groups is 1. The van der Waals surface area contributed by atoms with Crippen molar-refractivity contribution < 1.29 is 17.6 Å². The average Bonchev–Trinajstić information content (AvgIpc) is 3.03. The number of benzene rings is 2. The van der Waals surface area contributed by atoms with E-state index in [2.05, 4.69) is 4.98 Å². The number of H-pyrrole nitrogens is 1. The topological polar surface area (TPSA) is 101 Å².